The summed E-state index contributed by atoms with van der Waals surface area (Å²) >= 11 is 0. The summed E-state index contributed by atoms with van der Waals surface area (Å²) in [4.78, 5) is 10.9. The topological polar surface area (TPSA) is 78.8 Å². The van der Waals surface area contributed by atoms with Crippen LogP contribution in [0.15, 0.2) is 18.2 Å². The van der Waals surface area contributed by atoms with Gasteiger partial charge in [-0.25, -0.2) is 0 Å². The number of benzene rings is 1. The maximum atomic E-state index is 10.9. The van der Waals surface area contributed by atoms with E-state index < -0.39 is 18.1 Å². The van der Waals surface area contributed by atoms with Crippen LogP contribution in [-0.2, 0) is 4.79 Å². The fraction of sp³-hybridized carbons (Fsp3) is 0.533. The molecule has 0 aliphatic carbocycles. The van der Waals surface area contributed by atoms with Gasteiger partial charge in [0.2, 0.25) is 0 Å². The molecule has 0 aromatic heterocycles. The van der Waals surface area contributed by atoms with Crippen LogP contribution < -0.4 is 10.1 Å². The summed E-state index contributed by atoms with van der Waals surface area (Å²) in [6, 6.07) is 4.92. The van der Waals surface area contributed by atoms with Crippen LogP contribution in [-0.4, -0.2) is 35.4 Å². The van der Waals surface area contributed by atoms with Crippen molar-refractivity contribution in [2.24, 2.45) is 0 Å². The van der Waals surface area contributed by atoms with Crippen molar-refractivity contribution in [1.82, 2.24) is 5.32 Å². The smallest absolute Gasteiger partial charge is 0.305 e. The second-order valence-corrected chi connectivity index (χ2v) is 5.20. The maximum Gasteiger partial charge on any atom is 0.305 e. The van der Waals surface area contributed by atoms with Gasteiger partial charge < -0.3 is 20.3 Å². The van der Waals surface area contributed by atoms with Crippen molar-refractivity contribution in [3.05, 3.63) is 29.3 Å². The van der Waals surface area contributed by atoms with Crippen LogP contribution in [0.1, 0.15) is 37.5 Å². The molecule has 20 heavy (non-hydrogen) atoms. The lowest BCUT2D eigenvalue weighted by molar-refractivity contribution is -0.138. The molecule has 3 N–H and O–H groups in total. The molecule has 5 nitrogen and oxygen atoms in total. The Labute approximate surface area is 119 Å². The van der Waals surface area contributed by atoms with Crippen molar-refractivity contribution in [1.29, 1.82) is 0 Å². The van der Waals surface area contributed by atoms with Crippen molar-refractivity contribution in [3.63, 3.8) is 0 Å². The molecule has 0 saturated heterocycles. The van der Waals surface area contributed by atoms with Gasteiger partial charge in [0.1, 0.15) is 5.75 Å². The van der Waals surface area contributed by atoms with Gasteiger partial charge in [0, 0.05) is 12.1 Å². The van der Waals surface area contributed by atoms with Crippen LogP contribution in [0.5, 0.6) is 5.75 Å². The maximum absolute atomic E-state index is 10.9. The zero-order valence-electron chi connectivity index (χ0n) is 12.4. The number of aryl methyl sites for hydroxylation is 1. The molecule has 0 heterocycles. The summed E-state index contributed by atoms with van der Waals surface area (Å²) in [7, 11) is 1.59. The third kappa shape index (κ3) is 4.51. The first-order chi connectivity index (χ1) is 9.35. The number of aliphatic carboxylic acids is 1. The number of carboxylic acids is 1. The number of carbonyl (C=O) groups is 1. The summed E-state index contributed by atoms with van der Waals surface area (Å²) in [6.07, 6.45) is -1.01. The summed E-state index contributed by atoms with van der Waals surface area (Å²) in [6.45, 7) is 5.72. The molecule has 1 aromatic carbocycles. The lowest BCUT2D eigenvalue weighted by Crippen LogP contribution is -2.40. The van der Waals surface area contributed by atoms with E-state index in [-0.39, 0.29) is 12.5 Å². The van der Waals surface area contributed by atoms with E-state index in [2.05, 4.69) is 5.32 Å². The average Bonchev–Trinajstić information content (AvgIpc) is 2.35. The van der Waals surface area contributed by atoms with Crippen molar-refractivity contribution in [2.75, 3.05) is 7.11 Å². The fourth-order valence-corrected chi connectivity index (χ4v) is 2.20. The lowest BCUT2D eigenvalue weighted by atomic mass is 9.97. The van der Waals surface area contributed by atoms with E-state index in [1.807, 2.05) is 26.8 Å². The second-order valence-electron chi connectivity index (χ2n) is 5.20. The Morgan fingerprint density at radius 1 is 1.40 bits per heavy atom. The Balaban J connectivity index is 2.95. The van der Waals surface area contributed by atoms with Gasteiger partial charge >= 0.3 is 5.97 Å². The summed E-state index contributed by atoms with van der Waals surface area (Å²) in [5.74, 6) is -0.194. The highest BCUT2D eigenvalue weighted by molar-refractivity contribution is 5.67. The van der Waals surface area contributed by atoms with E-state index >= 15 is 0 Å². The standard InChI is InChI=1S/C15H23NO4/c1-9(2)16-12(8-14(17)18)15(19)11-5-6-13(20-4)10(3)7-11/h5-7,9,12,15-16,19H,8H2,1-4H3,(H,17,18). The monoisotopic (exact) mass is 281 g/mol. The molecule has 2 unspecified atom stereocenters. The molecule has 0 spiro atoms. The van der Waals surface area contributed by atoms with Crippen LogP contribution in [0.2, 0.25) is 0 Å². The number of rotatable bonds is 7. The number of aliphatic hydroxyl groups excluding tert-OH is 1. The molecule has 0 bridgehead atoms. The van der Waals surface area contributed by atoms with Crippen molar-refractivity contribution < 1.29 is 19.7 Å². The third-order valence-electron chi connectivity index (χ3n) is 3.08. The highest BCUT2D eigenvalue weighted by Gasteiger charge is 2.24. The minimum atomic E-state index is -0.938. The first-order valence-corrected chi connectivity index (χ1v) is 6.65. The zero-order chi connectivity index (χ0) is 15.3. The summed E-state index contributed by atoms with van der Waals surface area (Å²) in [5.41, 5.74) is 1.59. The number of ether oxygens (including phenoxy) is 1. The van der Waals surface area contributed by atoms with Crippen LogP contribution in [0.3, 0.4) is 0 Å². The molecule has 0 amide bonds. The third-order valence-corrected chi connectivity index (χ3v) is 3.08. The number of hydrogen-bond acceptors (Lipinski definition) is 4. The minimum absolute atomic E-state index is 0.0911. The van der Waals surface area contributed by atoms with Crippen LogP contribution in [0.4, 0.5) is 0 Å². The van der Waals surface area contributed by atoms with E-state index in [0.717, 1.165) is 11.3 Å². The Bertz CT molecular complexity index is 459. The number of aliphatic hydroxyl groups is 1. The second kappa shape index (κ2) is 7.26. The molecule has 1 rings (SSSR count). The molecular weight excluding hydrogens is 258 g/mol. The molecule has 5 heteroatoms. The van der Waals surface area contributed by atoms with E-state index in [1.165, 1.54) is 0 Å². The van der Waals surface area contributed by atoms with Crippen LogP contribution >= 0.6 is 0 Å². The molecule has 0 aliphatic heterocycles. The van der Waals surface area contributed by atoms with E-state index in [9.17, 15) is 9.90 Å². The Kier molecular flexibility index (Phi) is 5.98. The van der Waals surface area contributed by atoms with Gasteiger partial charge in [-0.15, -0.1) is 0 Å². The van der Waals surface area contributed by atoms with Gasteiger partial charge in [-0.1, -0.05) is 19.9 Å². The van der Waals surface area contributed by atoms with Crippen LogP contribution in [0.25, 0.3) is 0 Å². The first kappa shape index (κ1) is 16.5. The predicted molar refractivity (Wildman–Crippen MR) is 77.0 cm³/mol. The minimum Gasteiger partial charge on any atom is -0.496 e. The number of carboxylic acid groups (broad SMARTS) is 1. The van der Waals surface area contributed by atoms with Crippen LogP contribution in [0, 0.1) is 6.92 Å². The molecule has 0 radical (unpaired) electrons. The van der Waals surface area contributed by atoms with E-state index in [0.29, 0.717) is 5.56 Å². The zero-order valence-corrected chi connectivity index (χ0v) is 12.4. The van der Waals surface area contributed by atoms with Crippen molar-refractivity contribution >= 4 is 5.97 Å². The van der Waals surface area contributed by atoms with Gasteiger partial charge in [-0.3, -0.25) is 4.79 Å². The molecule has 0 saturated carbocycles. The van der Waals surface area contributed by atoms with E-state index in [4.69, 9.17) is 9.84 Å². The van der Waals surface area contributed by atoms with Gasteiger partial charge in [0.15, 0.2) is 0 Å². The first-order valence-electron chi connectivity index (χ1n) is 6.65. The summed E-state index contributed by atoms with van der Waals surface area (Å²) < 4.78 is 5.18. The highest BCUT2D eigenvalue weighted by atomic mass is 16.5. The largest absolute Gasteiger partial charge is 0.496 e. The van der Waals surface area contributed by atoms with Crippen molar-refractivity contribution in [3.8, 4) is 5.75 Å². The molecule has 0 fully saturated rings. The Morgan fingerprint density at radius 2 is 2.05 bits per heavy atom. The van der Waals surface area contributed by atoms with Gasteiger partial charge in [-0.05, 0) is 30.2 Å². The normalized spacial score (nSPS) is 14.1. The predicted octanol–water partition coefficient (Wildman–Crippen LogP) is 1.88. The molecular formula is C15H23NO4. The van der Waals surface area contributed by atoms with Gasteiger partial charge in [-0.2, -0.15) is 0 Å². The SMILES string of the molecule is COc1ccc(C(O)C(CC(=O)O)NC(C)C)cc1C. The molecule has 112 valence electrons. The Hall–Kier alpha value is -1.59. The average molecular weight is 281 g/mol. The fourth-order valence-electron chi connectivity index (χ4n) is 2.20. The lowest BCUT2D eigenvalue weighted by Gasteiger charge is -2.25. The van der Waals surface area contributed by atoms with Gasteiger partial charge in [0.05, 0.1) is 19.6 Å². The molecule has 2 atom stereocenters. The van der Waals surface area contributed by atoms with E-state index in [1.54, 1.807) is 19.2 Å². The van der Waals surface area contributed by atoms with Crippen molar-refractivity contribution in [2.45, 2.75) is 45.4 Å². The number of methoxy groups -OCH3 is 1. The number of nitrogens with one attached hydrogen (secondary N) is 1. The highest BCUT2D eigenvalue weighted by Crippen LogP contribution is 2.25. The molecule has 1 aromatic rings. The van der Waals surface area contributed by atoms with Gasteiger partial charge in [0.25, 0.3) is 0 Å². The summed E-state index contributed by atoms with van der Waals surface area (Å²) in [5, 5.41) is 22.5. The molecule has 0 aliphatic rings. The quantitative estimate of drug-likeness (QED) is 0.711. The Morgan fingerprint density at radius 3 is 2.50 bits per heavy atom. The number of hydrogen-bond donors (Lipinski definition) is 3.